The summed E-state index contributed by atoms with van der Waals surface area (Å²) in [7, 11) is 5.71. The van der Waals surface area contributed by atoms with Crippen LogP contribution in [0.5, 0.6) is 0 Å². The lowest BCUT2D eigenvalue weighted by molar-refractivity contribution is -0.122. The van der Waals surface area contributed by atoms with Gasteiger partial charge in [0, 0.05) is 33.4 Å². The van der Waals surface area contributed by atoms with Crippen molar-refractivity contribution in [1.29, 1.82) is 0 Å². The second-order valence-corrected chi connectivity index (χ2v) is 5.40. The molecule has 0 bridgehead atoms. The van der Waals surface area contributed by atoms with Crippen molar-refractivity contribution in [2.45, 2.75) is 31.6 Å². The summed E-state index contributed by atoms with van der Waals surface area (Å²) in [6.45, 7) is 4.56. The number of methoxy groups -OCH3 is 2. The topological polar surface area (TPSA) is 24.9 Å². The summed E-state index contributed by atoms with van der Waals surface area (Å²) in [6, 6.07) is 0.809. The summed E-state index contributed by atoms with van der Waals surface area (Å²) in [5, 5.41) is 0. The Hall–Kier alpha value is -0.160. The molecule has 100 valence electrons. The van der Waals surface area contributed by atoms with Crippen LogP contribution in [-0.4, -0.2) is 69.6 Å². The minimum absolute atomic E-state index is 0.0760. The fourth-order valence-corrected chi connectivity index (χ4v) is 3.35. The summed E-state index contributed by atoms with van der Waals surface area (Å²) in [6.07, 6.45) is 3.95. The monoisotopic (exact) mass is 242 g/mol. The maximum absolute atomic E-state index is 5.29. The van der Waals surface area contributed by atoms with Crippen molar-refractivity contribution in [3.8, 4) is 0 Å². The van der Waals surface area contributed by atoms with E-state index in [2.05, 4.69) is 16.8 Å². The maximum atomic E-state index is 5.29. The molecule has 2 fully saturated rings. The van der Waals surface area contributed by atoms with Crippen LogP contribution in [0.4, 0.5) is 0 Å². The van der Waals surface area contributed by atoms with Crippen molar-refractivity contribution < 1.29 is 9.47 Å². The fraction of sp³-hybridized carbons (Fsp3) is 1.00. The lowest BCUT2D eigenvalue weighted by Crippen LogP contribution is -2.53. The molecule has 0 aromatic heterocycles. The molecule has 2 saturated heterocycles. The first-order valence-electron chi connectivity index (χ1n) is 6.72. The van der Waals surface area contributed by atoms with Gasteiger partial charge in [-0.3, -0.25) is 4.90 Å². The molecule has 0 amide bonds. The van der Waals surface area contributed by atoms with Crippen LogP contribution in [0.25, 0.3) is 0 Å². The van der Waals surface area contributed by atoms with Crippen molar-refractivity contribution in [2.75, 3.05) is 47.4 Å². The number of hydrogen-bond donors (Lipinski definition) is 0. The molecule has 0 aliphatic carbocycles. The van der Waals surface area contributed by atoms with Crippen LogP contribution >= 0.6 is 0 Å². The first-order valence-corrected chi connectivity index (χ1v) is 6.72. The third kappa shape index (κ3) is 3.19. The molecule has 17 heavy (non-hydrogen) atoms. The number of ether oxygens (including phenoxy) is 2. The van der Waals surface area contributed by atoms with Gasteiger partial charge in [0.1, 0.15) is 0 Å². The molecule has 0 aromatic rings. The fourth-order valence-electron chi connectivity index (χ4n) is 3.35. The predicted molar refractivity (Wildman–Crippen MR) is 68.0 cm³/mol. The summed E-state index contributed by atoms with van der Waals surface area (Å²) in [5.41, 5.74) is 0. The van der Waals surface area contributed by atoms with E-state index in [1.807, 2.05) is 0 Å². The van der Waals surface area contributed by atoms with Crippen molar-refractivity contribution >= 4 is 0 Å². The molecule has 2 unspecified atom stereocenters. The molecule has 0 aromatic carbocycles. The van der Waals surface area contributed by atoms with E-state index in [1.54, 1.807) is 14.2 Å². The SMILES string of the molecule is COC(CN1CCC2C(CCCN2C)C1)OC. The van der Waals surface area contributed by atoms with Crippen LogP contribution in [0, 0.1) is 5.92 Å². The third-order valence-electron chi connectivity index (χ3n) is 4.36. The number of nitrogens with zero attached hydrogens (tertiary/aromatic N) is 2. The van der Waals surface area contributed by atoms with Crippen LogP contribution in [0.2, 0.25) is 0 Å². The Morgan fingerprint density at radius 1 is 1.18 bits per heavy atom. The van der Waals surface area contributed by atoms with E-state index in [0.717, 1.165) is 18.5 Å². The summed E-state index contributed by atoms with van der Waals surface area (Å²) < 4.78 is 10.6. The molecule has 2 aliphatic heterocycles. The number of likely N-dealkylation sites (tertiary alicyclic amines) is 2. The van der Waals surface area contributed by atoms with E-state index in [0.29, 0.717) is 0 Å². The van der Waals surface area contributed by atoms with Crippen molar-refractivity contribution in [3.05, 3.63) is 0 Å². The van der Waals surface area contributed by atoms with Gasteiger partial charge in [-0.25, -0.2) is 0 Å². The lowest BCUT2D eigenvalue weighted by atomic mass is 9.84. The van der Waals surface area contributed by atoms with Gasteiger partial charge in [-0.1, -0.05) is 0 Å². The highest BCUT2D eigenvalue weighted by atomic mass is 16.7. The van der Waals surface area contributed by atoms with E-state index >= 15 is 0 Å². The molecule has 2 aliphatic rings. The molecule has 2 atom stereocenters. The van der Waals surface area contributed by atoms with Gasteiger partial charge in [0.25, 0.3) is 0 Å². The van der Waals surface area contributed by atoms with Gasteiger partial charge in [0.2, 0.25) is 0 Å². The predicted octanol–water partition coefficient (Wildman–Crippen LogP) is 1.02. The minimum atomic E-state index is -0.0760. The third-order valence-corrected chi connectivity index (χ3v) is 4.36. The van der Waals surface area contributed by atoms with Crippen LogP contribution in [-0.2, 0) is 9.47 Å². The van der Waals surface area contributed by atoms with Crippen LogP contribution in [0.1, 0.15) is 19.3 Å². The Morgan fingerprint density at radius 3 is 2.65 bits per heavy atom. The Kier molecular flexibility index (Phi) is 4.79. The molecule has 4 nitrogen and oxygen atoms in total. The van der Waals surface area contributed by atoms with Crippen molar-refractivity contribution in [3.63, 3.8) is 0 Å². The van der Waals surface area contributed by atoms with E-state index in [9.17, 15) is 0 Å². The van der Waals surface area contributed by atoms with Gasteiger partial charge < -0.3 is 14.4 Å². The minimum Gasteiger partial charge on any atom is -0.355 e. The molecule has 2 heterocycles. The molecule has 4 heteroatoms. The summed E-state index contributed by atoms with van der Waals surface area (Å²) in [5.74, 6) is 0.844. The van der Waals surface area contributed by atoms with E-state index in [1.165, 1.54) is 38.9 Å². The standard InChI is InChI=1S/C13H26N2O2/c1-14-7-4-5-11-9-15(8-6-12(11)14)10-13(16-2)17-3/h11-13H,4-10H2,1-3H3. The Balaban J connectivity index is 1.84. The Bertz CT molecular complexity index is 233. The first-order chi connectivity index (χ1) is 8.24. The molecule has 0 radical (unpaired) electrons. The van der Waals surface area contributed by atoms with Gasteiger partial charge >= 0.3 is 0 Å². The van der Waals surface area contributed by atoms with Crippen molar-refractivity contribution in [1.82, 2.24) is 9.80 Å². The maximum Gasteiger partial charge on any atom is 0.169 e. The zero-order valence-corrected chi connectivity index (χ0v) is 11.4. The Labute approximate surface area is 105 Å². The second kappa shape index (κ2) is 6.14. The number of fused-ring (bicyclic) bond motifs is 1. The highest BCUT2D eigenvalue weighted by molar-refractivity contribution is 4.89. The first kappa shape index (κ1) is 13.3. The van der Waals surface area contributed by atoms with Crippen LogP contribution in [0.3, 0.4) is 0 Å². The van der Waals surface area contributed by atoms with Gasteiger partial charge in [0.15, 0.2) is 6.29 Å². The van der Waals surface area contributed by atoms with Gasteiger partial charge in [0.05, 0.1) is 0 Å². The van der Waals surface area contributed by atoms with E-state index in [4.69, 9.17) is 9.47 Å². The average molecular weight is 242 g/mol. The van der Waals surface area contributed by atoms with Gasteiger partial charge in [-0.15, -0.1) is 0 Å². The highest BCUT2D eigenvalue weighted by Gasteiger charge is 2.34. The van der Waals surface area contributed by atoms with Crippen molar-refractivity contribution in [2.24, 2.45) is 5.92 Å². The zero-order chi connectivity index (χ0) is 12.3. The van der Waals surface area contributed by atoms with E-state index < -0.39 is 0 Å². The summed E-state index contributed by atoms with van der Waals surface area (Å²) in [4.78, 5) is 5.05. The number of piperidine rings is 2. The molecular weight excluding hydrogens is 216 g/mol. The number of hydrogen-bond acceptors (Lipinski definition) is 4. The van der Waals surface area contributed by atoms with Crippen LogP contribution < -0.4 is 0 Å². The molecule has 0 spiro atoms. The average Bonchev–Trinajstić information content (AvgIpc) is 2.36. The zero-order valence-electron chi connectivity index (χ0n) is 11.4. The lowest BCUT2D eigenvalue weighted by Gasteiger charge is -2.46. The second-order valence-electron chi connectivity index (χ2n) is 5.40. The Morgan fingerprint density at radius 2 is 1.94 bits per heavy atom. The van der Waals surface area contributed by atoms with Crippen LogP contribution in [0.15, 0.2) is 0 Å². The van der Waals surface area contributed by atoms with Gasteiger partial charge in [-0.2, -0.15) is 0 Å². The molecule has 2 rings (SSSR count). The quantitative estimate of drug-likeness (QED) is 0.687. The molecule has 0 saturated carbocycles. The van der Waals surface area contributed by atoms with E-state index in [-0.39, 0.29) is 6.29 Å². The normalized spacial score (nSPS) is 31.8. The van der Waals surface area contributed by atoms with Gasteiger partial charge in [-0.05, 0) is 45.3 Å². The molecule has 0 N–H and O–H groups in total. The number of rotatable bonds is 4. The highest BCUT2D eigenvalue weighted by Crippen LogP contribution is 2.29. The molecular formula is C13H26N2O2. The largest absolute Gasteiger partial charge is 0.355 e. The smallest absolute Gasteiger partial charge is 0.169 e. The summed E-state index contributed by atoms with van der Waals surface area (Å²) >= 11 is 0.